The molecule has 1 aliphatic carbocycles. The number of pyridine rings is 1. The normalized spacial score (nSPS) is 16.3. The van der Waals surface area contributed by atoms with Gasteiger partial charge in [-0.1, -0.05) is 0 Å². The number of nitrogens with zero attached hydrogens (tertiary/aromatic N) is 1. The SMILES string of the molecule is Nc1ccc(NS(=O)(=O)NC2CC2)cn1. The minimum absolute atomic E-state index is 0.0873. The maximum absolute atomic E-state index is 11.5. The lowest BCUT2D eigenvalue weighted by atomic mass is 10.4. The molecule has 0 radical (unpaired) electrons. The van der Waals surface area contributed by atoms with Gasteiger partial charge in [-0.05, 0) is 25.0 Å². The Hall–Kier alpha value is -1.34. The molecule has 1 aromatic heterocycles. The smallest absolute Gasteiger partial charge is 0.299 e. The summed E-state index contributed by atoms with van der Waals surface area (Å²) in [6.07, 6.45) is 3.18. The van der Waals surface area contributed by atoms with Crippen molar-refractivity contribution in [2.45, 2.75) is 18.9 Å². The van der Waals surface area contributed by atoms with E-state index in [-0.39, 0.29) is 6.04 Å². The van der Waals surface area contributed by atoms with Crippen molar-refractivity contribution in [3.8, 4) is 0 Å². The van der Waals surface area contributed by atoms with E-state index in [1.165, 1.54) is 12.3 Å². The van der Waals surface area contributed by atoms with Crippen molar-refractivity contribution in [3.05, 3.63) is 18.3 Å². The van der Waals surface area contributed by atoms with Gasteiger partial charge < -0.3 is 5.73 Å². The fraction of sp³-hybridized carbons (Fsp3) is 0.375. The molecule has 1 aromatic rings. The molecule has 0 atom stereocenters. The highest BCUT2D eigenvalue weighted by Gasteiger charge is 2.26. The van der Waals surface area contributed by atoms with Gasteiger partial charge in [0.2, 0.25) is 0 Å². The number of nitrogens with two attached hydrogens (primary N) is 1. The number of anilines is 2. The van der Waals surface area contributed by atoms with Gasteiger partial charge in [-0.3, -0.25) is 4.72 Å². The number of hydrogen-bond donors (Lipinski definition) is 3. The average Bonchev–Trinajstić information content (AvgIpc) is 2.91. The van der Waals surface area contributed by atoms with Gasteiger partial charge >= 0.3 is 0 Å². The van der Waals surface area contributed by atoms with Crippen LogP contribution in [0.15, 0.2) is 18.3 Å². The van der Waals surface area contributed by atoms with Gasteiger partial charge in [0.25, 0.3) is 10.2 Å². The molecule has 0 bridgehead atoms. The fourth-order valence-electron chi connectivity index (χ4n) is 1.07. The zero-order valence-corrected chi connectivity index (χ0v) is 8.79. The molecule has 0 aromatic carbocycles. The first kappa shape index (κ1) is 10.2. The zero-order valence-electron chi connectivity index (χ0n) is 7.97. The first-order valence-electron chi connectivity index (χ1n) is 4.57. The summed E-state index contributed by atoms with van der Waals surface area (Å²) < 4.78 is 27.8. The van der Waals surface area contributed by atoms with Crippen LogP contribution in [0.25, 0.3) is 0 Å². The lowest BCUT2D eigenvalue weighted by Gasteiger charge is -2.07. The molecule has 1 fully saturated rings. The molecule has 1 saturated carbocycles. The van der Waals surface area contributed by atoms with Crippen LogP contribution in [0.5, 0.6) is 0 Å². The van der Waals surface area contributed by atoms with E-state index in [4.69, 9.17) is 5.73 Å². The average molecular weight is 228 g/mol. The molecule has 1 aliphatic rings. The Labute approximate surface area is 88.1 Å². The molecule has 1 heterocycles. The molecule has 82 valence electrons. The van der Waals surface area contributed by atoms with Crippen LogP contribution in [0.3, 0.4) is 0 Å². The van der Waals surface area contributed by atoms with Crippen molar-refractivity contribution in [1.29, 1.82) is 0 Å². The number of nitrogen functional groups attached to an aromatic ring is 1. The fourth-order valence-corrected chi connectivity index (χ4v) is 2.24. The summed E-state index contributed by atoms with van der Waals surface area (Å²) in [4.78, 5) is 3.78. The van der Waals surface area contributed by atoms with E-state index >= 15 is 0 Å². The molecule has 15 heavy (non-hydrogen) atoms. The lowest BCUT2D eigenvalue weighted by molar-refractivity contribution is 0.586. The largest absolute Gasteiger partial charge is 0.384 e. The molecule has 0 aliphatic heterocycles. The van der Waals surface area contributed by atoms with E-state index in [2.05, 4.69) is 14.4 Å². The molecule has 0 spiro atoms. The van der Waals surface area contributed by atoms with Crippen molar-refractivity contribution in [3.63, 3.8) is 0 Å². The van der Waals surface area contributed by atoms with Crippen LogP contribution in [0, 0.1) is 0 Å². The summed E-state index contributed by atoms with van der Waals surface area (Å²) >= 11 is 0. The molecular formula is C8H12N4O2S. The number of hydrogen-bond acceptors (Lipinski definition) is 4. The standard InChI is InChI=1S/C8H12N4O2S/c9-8-4-3-7(5-10-8)12-15(13,14)11-6-1-2-6/h3-6,11-12H,1-2H2,(H2,9,10). The Bertz CT molecular complexity index is 438. The van der Waals surface area contributed by atoms with E-state index in [0.29, 0.717) is 11.5 Å². The highest BCUT2D eigenvalue weighted by atomic mass is 32.2. The number of aromatic nitrogens is 1. The van der Waals surface area contributed by atoms with Crippen molar-refractivity contribution in [2.75, 3.05) is 10.5 Å². The third-order valence-corrected chi connectivity index (χ3v) is 3.09. The molecule has 7 heteroatoms. The first-order valence-corrected chi connectivity index (χ1v) is 6.05. The zero-order chi connectivity index (χ0) is 10.9. The van der Waals surface area contributed by atoms with Crippen molar-refractivity contribution < 1.29 is 8.42 Å². The van der Waals surface area contributed by atoms with Gasteiger partial charge in [0.1, 0.15) is 5.82 Å². The summed E-state index contributed by atoms with van der Waals surface area (Å²) in [5, 5.41) is 0. The number of nitrogens with one attached hydrogen (secondary N) is 2. The quantitative estimate of drug-likeness (QED) is 0.679. The first-order chi connectivity index (χ1) is 7.05. The van der Waals surface area contributed by atoms with Gasteiger partial charge in [-0.2, -0.15) is 13.1 Å². The van der Waals surface area contributed by atoms with Crippen LogP contribution < -0.4 is 15.2 Å². The van der Waals surface area contributed by atoms with E-state index in [9.17, 15) is 8.42 Å². The highest BCUT2D eigenvalue weighted by Crippen LogP contribution is 2.20. The molecule has 0 amide bonds. The topological polar surface area (TPSA) is 97.1 Å². The van der Waals surface area contributed by atoms with E-state index in [1.54, 1.807) is 6.07 Å². The maximum Gasteiger partial charge on any atom is 0.299 e. The molecule has 4 N–H and O–H groups in total. The monoisotopic (exact) mass is 228 g/mol. The summed E-state index contributed by atoms with van der Waals surface area (Å²) in [7, 11) is -3.47. The number of rotatable bonds is 4. The second kappa shape index (κ2) is 3.67. The van der Waals surface area contributed by atoms with Crippen LogP contribution in [0.1, 0.15) is 12.8 Å². The Morgan fingerprint density at radius 3 is 2.67 bits per heavy atom. The van der Waals surface area contributed by atoms with Crippen LogP contribution in [0.2, 0.25) is 0 Å². The molecule has 6 nitrogen and oxygen atoms in total. The van der Waals surface area contributed by atoms with E-state index < -0.39 is 10.2 Å². The van der Waals surface area contributed by atoms with Gasteiger partial charge in [0.05, 0.1) is 11.9 Å². The Balaban J connectivity index is 2.03. The predicted molar refractivity (Wildman–Crippen MR) is 57.3 cm³/mol. The summed E-state index contributed by atoms with van der Waals surface area (Å²) in [6, 6.07) is 3.19. The Kier molecular flexibility index (Phi) is 2.49. The second-order valence-corrected chi connectivity index (χ2v) is 4.92. The third kappa shape index (κ3) is 3.07. The summed E-state index contributed by atoms with van der Waals surface area (Å²) in [5.74, 6) is 0.355. The van der Waals surface area contributed by atoms with Gasteiger partial charge in [0, 0.05) is 6.04 Å². The van der Waals surface area contributed by atoms with Crippen LogP contribution in [-0.4, -0.2) is 19.4 Å². The van der Waals surface area contributed by atoms with E-state index in [1.807, 2.05) is 0 Å². The summed E-state index contributed by atoms with van der Waals surface area (Å²) in [6.45, 7) is 0. The predicted octanol–water partition coefficient (Wildman–Crippen LogP) is 0.0725. The molecular weight excluding hydrogens is 216 g/mol. The maximum atomic E-state index is 11.5. The molecule has 0 saturated heterocycles. The highest BCUT2D eigenvalue weighted by molar-refractivity contribution is 7.90. The molecule has 2 rings (SSSR count). The van der Waals surface area contributed by atoms with Gasteiger partial charge in [-0.25, -0.2) is 4.98 Å². The van der Waals surface area contributed by atoms with Gasteiger partial charge in [-0.15, -0.1) is 0 Å². The van der Waals surface area contributed by atoms with Crippen molar-refractivity contribution in [1.82, 2.24) is 9.71 Å². The second-order valence-electron chi connectivity index (χ2n) is 3.47. The minimum Gasteiger partial charge on any atom is -0.384 e. The van der Waals surface area contributed by atoms with Crippen LogP contribution in [0.4, 0.5) is 11.5 Å². The third-order valence-electron chi connectivity index (χ3n) is 1.94. The minimum atomic E-state index is -3.47. The lowest BCUT2D eigenvalue weighted by Crippen LogP contribution is -2.31. The molecule has 0 unspecified atom stereocenters. The van der Waals surface area contributed by atoms with Crippen LogP contribution in [-0.2, 0) is 10.2 Å². The van der Waals surface area contributed by atoms with Gasteiger partial charge in [0.15, 0.2) is 0 Å². The van der Waals surface area contributed by atoms with Crippen molar-refractivity contribution in [2.24, 2.45) is 0 Å². The Morgan fingerprint density at radius 1 is 1.40 bits per heavy atom. The van der Waals surface area contributed by atoms with E-state index in [0.717, 1.165) is 12.8 Å². The van der Waals surface area contributed by atoms with Crippen molar-refractivity contribution >= 4 is 21.7 Å². The van der Waals surface area contributed by atoms with Crippen LogP contribution >= 0.6 is 0 Å². The summed E-state index contributed by atoms with van der Waals surface area (Å²) in [5.41, 5.74) is 5.78. The Morgan fingerprint density at radius 2 is 2.13 bits per heavy atom.